The Bertz CT molecular complexity index is 1210. The lowest BCUT2D eigenvalue weighted by Gasteiger charge is -2.28. The minimum absolute atomic E-state index is 0.0139. The van der Waals surface area contributed by atoms with Crippen LogP contribution < -0.4 is 4.74 Å². The molecule has 1 heterocycles. The van der Waals surface area contributed by atoms with Gasteiger partial charge in [-0.1, -0.05) is 61.9 Å². The molecule has 1 saturated heterocycles. The Hall–Kier alpha value is -3.12. The van der Waals surface area contributed by atoms with E-state index in [1.807, 2.05) is 26.0 Å². The van der Waals surface area contributed by atoms with Crippen molar-refractivity contribution in [3.63, 3.8) is 0 Å². The van der Waals surface area contributed by atoms with Gasteiger partial charge in [-0.3, -0.25) is 0 Å². The number of allylic oxidation sites excluding steroid dienone is 1. The van der Waals surface area contributed by atoms with E-state index in [9.17, 15) is 8.78 Å². The molecule has 1 fully saturated rings. The third-order valence-electron chi connectivity index (χ3n) is 6.58. The predicted molar refractivity (Wildman–Crippen MR) is 134 cm³/mol. The van der Waals surface area contributed by atoms with Crippen LogP contribution in [0.1, 0.15) is 51.0 Å². The van der Waals surface area contributed by atoms with E-state index in [0.29, 0.717) is 36.3 Å². The number of rotatable bonds is 8. The zero-order valence-corrected chi connectivity index (χ0v) is 20.5. The summed E-state index contributed by atoms with van der Waals surface area (Å²) >= 11 is 0. The van der Waals surface area contributed by atoms with Crippen molar-refractivity contribution in [2.45, 2.75) is 51.6 Å². The van der Waals surface area contributed by atoms with Crippen molar-refractivity contribution in [1.82, 2.24) is 0 Å². The summed E-state index contributed by atoms with van der Waals surface area (Å²) in [4.78, 5) is 0. The van der Waals surface area contributed by atoms with Gasteiger partial charge in [-0.2, -0.15) is 4.39 Å². The molecular weight excluding hydrogens is 468 g/mol. The van der Waals surface area contributed by atoms with Crippen molar-refractivity contribution in [2.75, 3.05) is 13.2 Å². The molecule has 3 aromatic rings. The van der Waals surface area contributed by atoms with Gasteiger partial charge in [0.1, 0.15) is 0 Å². The van der Waals surface area contributed by atoms with Gasteiger partial charge in [-0.25, -0.2) is 13.2 Å². The number of halogens is 4. The molecule has 1 aliphatic rings. The van der Waals surface area contributed by atoms with E-state index < -0.39 is 23.3 Å². The lowest BCUT2D eigenvalue weighted by atomic mass is 9.89. The SMILES string of the molecule is C/C=C/C1CCC(c2ccc(-c3ccc(-c4ccc(OCCCC)c(F)c4F)cc3)c(F)c2F)CO1. The minimum atomic E-state index is -1.04. The van der Waals surface area contributed by atoms with E-state index in [0.717, 1.165) is 19.3 Å². The van der Waals surface area contributed by atoms with Gasteiger partial charge in [0.15, 0.2) is 23.2 Å². The normalized spacial score (nSPS) is 18.1. The first-order chi connectivity index (χ1) is 17.4. The Morgan fingerprint density at radius 1 is 0.833 bits per heavy atom. The van der Waals surface area contributed by atoms with Gasteiger partial charge < -0.3 is 9.47 Å². The van der Waals surface area contributed by atoms with Crippen molar-refractivity contribution in [3.05, 3.63) is 89.5 Å². The highest BCUT2D eigenvalue weighted by molar-refractivity contribution is 5.72. The van der Waals surface area contributed by atoms with Crippen molar-refractivity contribution < 1.29 is 27.0 Å². The van der Waals surface area contributed by atoms with Crippen molar-refractivity contribution in [2.24, 2.45) is 0 Å². The van der Waals surface area contributed by atoms with Crippen molar-refractivity contribution in [3.8, 4) is 28.0 Å². The molecule has 0 aromatic heterocycles. The second-order valence-corrected chi connectivity index (χ2v) is 9.02. The second kappa shape index (κ2) is 11.7. The van der Waals surface area contributed by atoms with Crippen LogP contribution >= 0.6 is 0 Å². The highest BCUT2D eigenvalue weighted by Gasteiger charge is 2.26. The largest absolute Gasteiger partial charge is 0.490 e. The Labute approximate surface area is 209 Å². The maximum Gasteiger partial charge on any atom is 0.201 e. The van der Waals surface area contributed by atoms with Crippen LogP contribution in [0.25, 0.3) is 22.3 Å². The summed E-state index contributed by atoms with van der Waals surface area (Å²) in [7, 11) is 0. The Balaban J connectivity index is 1.53. The first kappa shape index (κ1) is 26.0. The van der Waals surface area contributed by atoms with Crippen LogP contribution in [-0.4, -0.2) is 19.3 Å². The number of unbranched alkanes of at least 4 members (excludes halogenated alkanes) is 1. The minimum Gasteiger partial charge on any atom is -0.490 e. The highest BCUT2D eigenvalue weighted by Crippen LogP contribution is 2.36. The molecule has 0 radical (unpaired) electrons. The zero-order chi connectivity index (χ0) is 25.7. The standard InChI is InChI=1S/C30H30F4O2/c1-3-5-17-35-26-16-15-24(29(33)30(26)34)20-9-7-19(8-10-20)23-13-14-25(28(32)27(23)31)21-11-12-22(6-4-2)36-18-21/h4,6-10,13-16,21-22H,3,5,11-12,17-18H2,1-2H3/b6-4+. The molecule has 6 heteroatoms. The number of hydrogen-bond acceptors (Lipinski definition) is 2. The van der Waals surface area contributed by atoms with Gasteiger partial charge in [0, 0.05) is 17.0 Å². The Morgan fingerprint density at radius 3 is 2.06 bits per heavy atom. The smallest absolute Gasteiger partial charge is 0.201 e. The number of benzene rings is 3. The van der Waals surface area contributed by atoms with Gasteiger partial charge in [0.25, 0.3) is 0 Å². The van der Waals surface area contributed by atoms with Crippen LogP contribution in [0.5, 0.6) is 5.75 Å². The summed E-state index contributed by atoms with van der Waals surface area (Å²) in [5, 5.41) is 0. The van der Waals surface area contributed by atoms with E-state index in [1.54, 1.807) is 36.4 Å². The van der Waals surface area contributed by atoms with Gasteiger partial charge in [-0.15, -0.1) is 0 Å². The molecule has 2 unspecified atom stereocenters. The van der Waals surface area contributed by atoms with Crippen LogP contribution in [0, 0.1) is 23.3 Å². The van der Waals surface area contributed by atoms with E-state index in [4.69, 9.17) is 9.47 Å². The lowest BCUT2D eigenvalue weighted by Crippen LogP contribution is -2.24. The monoisotopic (exact) mass is 498 g/mol. The van der Waals surface area contributed by atoms with Gasteiger partial charge in [-0.05, 0) is 55.0 Å². The van der Waals surface area contributed by atoms with Crippen LogP contribution in [0.2, 0.25) is 0 Å². The molecule has 0 spiro atoms. The third-order valence-corrected chi connectivity index (χ3v) is 6.58. The molecule has 36 heavy (non-hydrogen) atoms. The molecule has 0 bridgehead atoms. The average molecular weight is 499 g/mol. The molecule has 0 saturated carbocycles. The molecule has 2 atom stereocenters. The van der Waals surface area contributed by atoms with Crippen LogP contribution in [0.4, 0.5) is 17.6 Å². The quantitative estimate of drug-likeness (QED) is 0.176. The lowest BCUT2D eigenvalue weighted by molar-refractivity contribution is 0.0317. The highest BCUT2D eigenvalue weighted by atomic mass is 19.2. The van der Waals surface area contributed by atoms with Crippen LogP contribution in [-0.2, 0) is 4.74 Å². The van der Waals surface area contributed by atoms with E-state index >= 15 is 8.78 Å². The molecular formula is C30H30F4O2. The summed E-state index contributed by atoms with van der Waals surface area (Å²) in [6, 6.07) is 12.3. The maximum atomic E-state index is 15.1. The number of ether oxygens (including phenoxy) is 2. The maximum absolute atomic E-state index is 15.1. The average Bonchev–Trinajstić information content (AvgIpc) is 2.89. The summed E-state index contributed by atoms with van der Waals surface area (Å²) < 4.78 is 70.3. The first-order valence-corrected chi connectivity index (χ1v) is 12.4. The van der Waals surface area contributed by atoms with Crippen molar-refractivity contribution in [1.29, 1.82) is 0 Å². The van der Waals surface area contributed by atoms with Crippen LogP contribution in [0.15, 0.2) is 60.7 Å². The Morgan fingerprint density at radius 2 is 1.47 bits per heavy atom. The third kappa shape index (κ3) is 5.49. The Kier molecular flexibility index (Phi) is 8.47. The summed E-state index contributed by atoms with van der Waals surface area (Å²) in [6.45, 7) is 4.55. The van der Waals surface area contributed by atoms with Crippen LogP contribution in [0.3, 0.4) is 0 Å². The van der Waals surface area contributed by atoms with Gasteiger partial charge in [0.2, 0.25) is 5.82 Å². The zero-order valence-electron chi connectivity index (χ0n) is 20.5. The summed E-state index contributed by atoms with van der Waals surface area (Å²) in [5.74, 6) is -4.18. The van der Waals surface area contributed by atoms with Gasteiger partial charge in [0.05, 0.1) is 19.3 Å². The topological polar surface area (TPSA) is 18.5 Å². The molecule has 0 N–H and O–H groups in total. The predicted octanol–water partition coefficient (Wildman–Crippen LogP) is 8.59. The molecule has 1 aliphatic heterocycles. The first-order valence-electron chi connectivity index (χ1n) is 12.4. The number of hydrogen-bond donors (Lipinski definition) is 0. The molecule has 4 rings (SSSR count). The van der Waals surface area contributed by atoms with E-state index in [2.05, 4.69) is 0 Å². The fourth-order valence-corrected chi connectivity index (χ4v) is 4.51. The van der Waals surface area contributed by atoms with E-state index in [-0.39, 0.29) is 28.9 Å². The molecule has 190 valence electrons. The molecule has 0 amide bonds. The molecule has 3 aromatic carbocycles. The second-order valence-electron chi connectivity index (χ2n) is 9.02. The van der Waals surface area contributed by atoms with E-state index in [1.165, 1.54) is 12.1 Å². The van der Waals surface area contributed by atoms with Gasteiger partial charge >= 0.3 is 0 Å². The summed E-state index contributed by atoms with van der Waals surface area (Å²) in [5.41, 5.74) is 1.35. The molecule has 0 aliphatic carbocycles. The molecule has 2 nitrogen and oxygen atoms in total. The van der Waals surface area contributed by atoms with Crippen molar-refractivity contribution >= 4 is 0 Å². The fraction of sp³-hybridized carbons (Fsp3) is 0.333. The fourth-order valence-electron chi connectivity index (χ4n) is 4.51. The summed E-state index contributed by atoms with van der Waals surface area (Å²) in [6.07, 6.45) is 7.00.